The lowest BCUT2D eigenvalue weighted by atomic mass is 10.1. The largest absolute Gasteiger partial charge is 0.380 e. The van der Waals surface area contributed by atoms with E-state index in [4.69, 9.17) is 14.5 Å². The van der Waals surface area contributed by atoms with E-state index < -0.39 is 0 Å². The van der Waals surface area contributed by atoms with Crippen molar-refractivity contribution in [3.8, 4) is 11.3 Å². The van der Waals surface area contributed by atoms with Crippen molar-refractivity contribution in [2.75, 3.05) is 62.8 Å². The number of morpholine rings is 1. The van der Waals surface area contributed by atoms with Gasteiger partial charge in [-0.1, -0.05) is 12.1 Å². The molecule has 2 fully saturated rings. The van der Waals surface area contributed by atoms with Crippen molar-refractivity contribution in [2.24, 2.45) is 0 Å². The molecule has 0 bridgehead atoms. The molecule has 162 valence electrons. The molecule has 0 amide bonds. The lowest BCUT2D eigenvalue weighted by Crippen LogP contribution is -2.42. The maximum atomic E-state index is 5.80. The molecular weight excluding hydrogens is 392 g/mol. The smallest absolute Gasteiger partial charge is 0.154 e. The van der Waals surface area contributed by atoms with Gasteiger partial charge in [0.25, 0.3) is 0 Å². The molecule has 1 unspecified atom stereocenters. The van der Waals surface area contributed by atoms with Gasteiger partial charge in [-0.3, -0.25) is 4.98 Å². The molecule has 4 heterocycles. The molecule has 3 aromatic rings. The van der Waals surface area contributed by atoms with E-state index in [-0.39, 0.29) is 6.10 Å². The molecule has 0 spiro atoms. The summed E-state index contributed by atoms with van der Waals surface area (Å²) in [5.74, 6) is 0.739. The summed E-state index contributed by atoms with van der Waals surface area (Å²) in [6, 6.07) is 10.6. The third kappa shape index (κ3) is 4.76. The van der Waals surface area contributed by atoms with Crippen molar-refractivity contribution in [1.29, 1.82) is 0 Å². The van der Waals surface area contributed by atoms with Crippen LogP contribution in [0.1, 0.15) is 6.42 Å². The zero-order valence-corrected chi connectivity index (χ0v) is 17.6. The second-order valence-electron chi connectivity index (χ2n) is 7.86. The summed E-state index contributed by atoms with van der Waals surface area (Å²) in [6.45, 7) is 6.71. The Bertz CT molecular complexity index is 999. The zero-order valence-electron chi connectivity index (χ0n) is 17.6. The number of fused-ring (bicyclic) bond motifs is 1. The number of nitrogens with zero attached hydrogens (tertiary/aromatic N) is 4. The van der Waals surface area contributed by atoms with Gasteiger partial charge < -0.3 is 25.0 Å². The summed E-state index contributed by atoms with van der Waals surface area (Å²) < 4.78 is 11.4. The first-order valence-corrected chi connectivity index (χ1v) is 11.0. The number of ether oxygens (including phenoxy) is 2. The monoisotopic (exact) mass is 420 g/mol. The van der Waals surface area contributed by atoms with Crippen molar-refractivity contribution in [3.63, 3.8) is 0 Å². The van der Waals surface area contributed by atoms with Crippen LogP contribution in [0.3, 0.4) is 0 Å². The van der Waals surface area contributed by atoms with Crippen LogP contribution in [0.4, 0.5) is 11.5 Å². The van der Waals surface area contributed by atoms with E-state index in [0.29, 0.717) is 6.54 Å². The van der Waals surface area contributed by atoms with Crippen LogP contribution in [0.5, 0.6) is 0 Å². The Kier molecular flexibility index (Phi) is 6.20. The van der Waals surface area contributed by atoms with Crippen LogP contribution in [0.15, 0.2) is 42.7 Å². The number of hydrogen-bond donors (Lipinski definition) is 2. The van der Waals surface area contributed by atoms with Gasteiger partial charge in [0, 0.05) is 63.0 Å². The molecule has 2 N–H and O–H groups in total. The Hall–Kier alpha value is -2.81. The van der Waals surface area contributed by atoms with Crippen LogP contribution in [0, 0.1) is 0 Å². The maximum Gasteiger partial charge on any atom is 0.154 e. The molecule has 5 rings (SSSR count). The lowest BCUT2D eigenvalue weighted by molar-refractivity contribution is 0.0372. The molecular formula is C23H28N6O2. The highest BCUT2D eigenvalue weighted by atomic mass is 16.5. The van der Waals surface area contributed by atoms with E-state index in [1.807, 2.05) is 6.07 Å². The van der Waals surface area contributed by atoms with Crippen LogP contribution in [0.2, 0.25) is 0 Å². The van der Waals surface area contributed by atoms with Crippen molar-refractivity contribution >= 4 is 22.5 Å². The third-order valence-electron chi connectivity index (χ3n) is 5.71. The van der Waals surface area contributed by atoms with Gasteiger partial charge in [0.05, 0.1) is 30.5 Å². The highest BCUT2D eigenvalue weighted by Crippen LogP contribution is 2.27. The van der Waals surface area contributed by atoms with Crippen LogP contribution < -0.4 is 15.5 Å². The molecule has 0 aliphatic carbocycles. The van der Waals surface area contributed by atoms with Crippen LogP contribution in [-0.4, -0.2) is 73.6 Å². The molecule has 2 aromatic heterocycles. The van der Waals surface area contributed by atoms with Crippen molar-refractivity contribution < 1.29 is 9.47 Å². The quantitative estimate of drug-likeness (QED) is 0.651. The van der Waals surface area contributed by atoms with Crippen LogP contribution >= 0.6 is 0 Å². The van der Waals surface area contributed by atoms with Crippen molar-refractivity contribution in [1.82, 2.24) is 20.3 Å². The lowest BCUT2D eigenvalue weighted by Gasteiger charge is -2.24. The molecule has 1 aromatic carbocycles. The summed E-state index contributed by atoms with van der Waals surface area (Å²) in [6.07, 6.45) is 4.59. The first-order chi connectivity index (χ1) is 15.4. The van der Waals surface area contributed by atoms with E-state index >= 15 is 0 Å². The Labute approximate surface area is 182 Å². The summed E-state index contributed by atoms with van der Waals surface area (Å²) in [7, 11) is 0. The van der Waals surface area contributed by atoms with E-state index in [0.717, 1.165) is 80.5 Å². The minimum atomic E-state index is 0.114. The third-order valence-corrected chi connectivity index (χ3v) is 5.71. The summed E-state index contributed by atoms with van der Waals surface area (Å²) >= 11 is 0. The predicted molar refractivity (Wildman–Crippen MR) is 122 cm³/mol. The maximum absolute atomic E-state index is 5.80. The fraction of sp³-hybridized carbons (Fsp3) is 0.435. The topological polar surface area (TPSA) is 84.4 Å². The van der Waals surface area contributed by atoms with Crippen molar-refractivity contribution in [2.45, 2.75) is 12.5 Å². The summed E-state index contributed by atoms with van der Waals surface area (Å²) in [4.78, 5) is 16.3. The Morgan fingerprint density at radius 3 is 2.84 bits per heavy atom. The fourth-order valence-electron chi connectivity index (χ4n) is 4.05. The normalized spacial score (nSPS) is 19.9. The number of aromatic nitrogens is 3. The minimum Gasteiger partial charge on any atom is -0.380 e. The standard InChI is InChI=1S/C23H28N6O2/c1-9-29(10-13-30-11-1)18-4-2-17(3-5-18)20-14-21-22(26-7-6-25-21)23(28-20)27-16-19-15-24-8-12-31-19/h2-7,14,19,24H,1,8-13,15-16H2,(H,27,28). The molecule has 0 radical (unpaired) electrons. The molecule has 1 atom stereocenters. The zero-order chi connectivity index (χ0) is 20.9. The van der Waals surface area contributed by atoms with Crippen LogP contribution in [0.25, 0.3) is 22.3 Å². The van der Waals surface area contributed by atoms with Gasteiger partial charge >= 0.3 is 0 Å². The second-order valence-corrected chi connectivity index (χ2v) is 7.86. The predicted octanol–water partition coefficient (Wildman–Crippen LogP) is 2.32. The SMILES string of the molecule is c1cnc2c(NCC3CNCCO3)nc(-c3ccc(N4CCCOCC4)cc3)cc2n1. The van der Waals surface area contributed by atoms with Gasteiger partial charge in [-0.25, -0.2) is 9.97 Å². The molecule has 0 saturated carbocycles. The number of hydrogen-bond acceptors (Lipinski definition) is 8. The fourth-order valence-corrected chi connectivity index (χ4v) is 4.05. The highest BCUT2D eigenvalue weighted by molar-refractivity contribution is 5.88. The minimum absolute atomic E-state index is 0.114. The number of anilines is 2. The van der Waals surface area contributed by atoms with E-state index in [2.05, 4.69) is 49.8 Å². The van der Waals surface area contributed by atoms with Gasteiger partial charge in [-0.05, 0) is 24.6 Å². The number of pyridine rings is 1. The highest BCUT2D eigenvalue weighted by Gasteiger charge is 2.16. The molecule has 2 saturated heterocycles. The first-order valence-electron chi connectivity index (χ1n) is 11.0. The average Bonchev–Trinajstić information content (AvgIpc) is 3.13. The number of rotatable bonds is 5. The second kappa shape index (κ2) is 9.55. The van der Waals surface area contributed by atoms with Crippen LogP contribution in [-0.2, 0) is 9.47 Å². The molecule has 8 heteroatoms. The van der Waals surface area contributed by atoms with E-state index in [9.17, 15) is 0 Å². The molecule has 31 heavy (non-hydrogen) atoms. The van der Waals surface area contributed by atoms with Gasteiger partial charge in [0.1, 0.15) is 5.52 Å². The number of nitrogens with one attached hydrogen (secondary N) is 2. The van der Waals surface area contributed by atoms with Gasteiger partial charge in [-0.2, -0.15) is 0 Å². The molecule has 8 nitrogen and oxygen atoms in total. The Morgan fingerprint density at radius 2 is 1.97 bits per heavy atom. The van der Waals surface area contributed by atoms with Gasteiger partial charge in [0.15, 0.2) is 5.82 Å². The Morgan fingerprint density at radius 1 is 1.06 bits per heavy atom. The summed E-state index contributed by atoms with van der Waals surface area (Å²) in [5, 5.41) is 6.79. The summed E-state index contributed by atoms with van der Waals surface area (Å²) in [5.41, 5.74) is 4.75. The Balaban J connectivity index is 1.40. The molecule has 2 aliphatic heterocycles. The van der Waals surface area contributed by atoms with Gasteiger partial charge in [-0.15, -0.1) is 0 Å². The van der Waals surface area contributed by atoms with Gasteiger partial charge in [0.2, 0.25) is 0 Å². The number of benzene rings is 1. The first kappa shape index (κ1) is 20.1. The van der Waals surface area contributed by atoms with E-state index in [1.165, 1.54) is 5.69 Å². The average molecular weight is 421 g/mol. The molecule has 2 aliphatic rings. The van der Waals surface area contributed by atoms with Crippen molar-refractivity contribution in [3.05, 3.63) is 42.7 Å². The van der Waals surface area contributed by atoms with E-state index in [1.54, 1.807) is 12.4 Å².